The van der Waals surface area contributed by atoms with Crippen LogP contribution in [-0.4, -0.2) is 36.5 Å². The number of aliphatic hydroxyl groups excluding tert-OH is 1. The number of fused-ring (bicyclic) bond motifs is 1. The van der Waals surface area contributed by atoms with Gasteiger partial charge in [0.2, 0.25) is 0 Å². The molecule has 0 aliphatic carbocycles. The van der Waals surface area contributed by atoms with Crippen LogP contribution in [0.25, 0.3) is 10.9 Å². The molecule has 4 heteroatoms. The van der Waals surface area contributed by atoms with Gasteiger partial charge in [0.25, 0.3) is 0 Å². The van der Waals surface area contributed by atoms with E-state index >= 15 is 0 Å². The molecule has 2 rings (SSSR count). The first kappa shape index (κ1) is 16.0. The van der Waals surface area contributed by atoms with Crippen LogP contribution >= 0.6 is 0 Å². The summed E-state index contributed by atoms with van der Waals surface area (Å²) in [5.74, 6) is 0. The summed E-state index contributed by atoms with van der Waals surface area (Å²) >= 11 is 0. The highest BCUT2D eigenvalue weighted by atomic mass is 16.5. The monoisotopic (exact) mass is 290 g/mol. The highest BCUT2D eigenvalue weighted by Gasteiger charge is 2.06. The van der Waals surface area contributed by atoms with Crippen LogP contribution in [0.1, 0.15) is 24.8 Å². The molecule has 0 fully saturated rings. The predicted molar refractivity (Wildman–Crippen MR) is 86.5 cm³/mol. The maximum absolute atomic E-state index is 8.85. The van der Waals surface area contributed by atoms with Gasteiger partial charge in [-0.25, -0.2) is 0 Å². The van der Waals surface area contributed by atoms with Crippen molar-refractivity contribution >= 4 is 10.9 Å². The third-order valence-corrected chi connectivity index (χ3v) is 3.73. The Bertz CT molecular complexity index is 537. The average molecular weight is 290 g/mol. The summed E-state index contributed by atoms with van der Waals surface area (Å²) in [6.07, 6.45) is 5.24. The number of nitrogens with zero attached hydrogens (tertiary/aromatic N) is 1. The van der Waals surface area contributed by atoms with E-state index in [4.69, 9.17) is 9.84 Å². The summed E-state index contributed by atoms with van der Waals surface area (Å²) in [6.45, 7) is 3.77. The molecule has 0 saturated carbocycles. The van der Waals surface area contributed by atoms with Crippen LogP contribution < -0.4 is 5.32 Å². The van der Waals surface area contributed by atoms with Gasteiger partial charge in [-0.15, -0.1) is 0 Å². The van der Waals surface area contributed by atoms with Gasteiger partial charge in [-0.05, 0) is 36.3 Å². The first-order valence-electron chi connectivity index (χ1n) is 7.74. The lowest BCUT2D eigenvalue weighted by molar-refractivity contribution is 0.199. The molecule has 0 aliphatic heterocycles. The molecule has 4 nitrogen and oxygen atoms in total. The number of ether oxygens (including phenoxy) is 1. The van der Waals surface area contributed by atoms with Gasteiger partial charge in [0, 0.05) is 39.5 Å². The summed E-state index contributed by atoms with van der Waals surface area (Å²) in [5.41, 5.74) is 2.65. The molecule has 0 unspecified atom stereocenters. The molecule has 0 spiro atoms. The summed E-state index contributed by atoms with van der Waals surface area (Å²) in [5, 5.41) is 13.6. The molecule has 0 atom stereocenters. The van der Waals surface area contributed by atoms with Gasteiger partial charge in [0.05, 0.1) is 12.1 Å². The minimum Gasteiger partial charge on any atom is -0.396 e. The number of aliphatic hydroxyl groups is 1. The number of methoxy groups -OCH3 is 1. The molecule has 21 heavy (non-hydrogen) atoms. The van der Waals surface area contributed by atoms with E-state index in [1.165, 1.54) is 16.5 Å². The molecule has 2 N–H and O–H groups in total. The van der Waals surface area contributed by atoms with E-state index in [1.807, 2.05) is 0 Å². The van der Waals surface area contributed by atoms with Crippen molar-refractivity contribution in [2.75, 3.05) is 26.9 Å². The van der Waals surface area contributed by atoms with Gasteiger partial charge in [0.15, 0.2) is 0 Å². The fraction of sp³-hybridized carbons (Fsp3) is 0.529. The fourth-order valence-corrected chi connectivity index (χ4v) is 2.64. The molecule has 0 saturated heterocycles. The maximum Gasteiger partial charge on any atom is 0.0587 e. The standard InChI is InChI=1S/C17H26N2O2/c1-21-13-9-18-14-16-7-5-6-15-8-11-19(17(15)16)10-3-2-4-12-20/h5-8,11,18,20H,2-4,9-10,12-14H2,1H3. The van der Waals surface area contributed by atoms with E-state index in [1.54, 1.807) is 7.11 Å². The Balaban J connectivity index is 2.04. The van der Waals surface area contributed by atoms with Gasteiger partial charge in [-0.2, -0.15) is 0 Å². The molecule has 2 aromatic rings. The van der Waals surface area contributed by atoms with Crippen LogP contribution in [0.5, 0.6) is 0 Å². The largest absolute Gasteiger partial charge is 0.396 e. The predicted octanol–water partition coefficient (Wildman–Crippen LogP) is 2.54. The highest BCUT2D eigenvalue weighted by molar-refractivity contribution is 5.83. The molecule has 1 aromatic heterocycles. The van der Waals surface area contributed by atoms with Crippen LogP contribution in [0, 0.1) is 0 Å². The van der Waals surface area contributed by atoms with Crippen molar-refractivity contribution in [3.8, 4) is 0 Å². The van der Waals surface area contributed by atoms with Crippen molar-refractivity contribution < 1.29 is 9.84 Å². The van der Waals surface area contributed by atoms with Gasteiger partial charge in [0.1, 0.15) is 0 Å². The number of rotatable bonds is 10. The lowest BCUT2D eigenvalue weighted by Gasteiger charge is -2.11. The van der Waals surface area contributed by atoms with Crippen LogP contribution in [0.4, 0.5) is 0 Å². The normalized spacial score (nSPS) is 11.3. The first-order valence-corrected chi connectivity index (χ1v) is 7.74. The minimum absolute atomic E-state index is 0.293. The molecule has 116 valence electrons. The molecule has 1 heterocycles. The zero-order valence-corrected chi connectivity index (χ0v) is 12.8. The number of unbranched alkanes of at least 4 members (excludes halogenated alkanes) is 2. The highest BCUT2D eigenvalue weighted by Crippen LogP contribution is 2.21. The van der Waals surface area contributed by atoms with E-state index in [0.717, 1.165) is 45.5 Å². The quantitative estimate of drug-likeness (QED) is 0.661. The summed E-state index contributed by atoms with van der Waals surface area (Å²) in [7, 11) is 1.72. The molecule has 1 aromatic carbocycles. The van der Waals surface area contributed by atoms with Crippen LogP contribution in [-0.2, 0) is 17.8 Å². The van der Waals surface area contributed by atoms with E-state index in [0.29, 0.717) is 6.61 Å². The lowest BCUT2D eigenvalue weighted by atomic mass is 10.1. The van der Waals surface area contributed by atoms with Crippen molar-refractivity contribution in [3.05, 3.63) is 36.0 Å². The van der Waals surface area contributed by atoms with Crippen molar-refractivity contribution in [1.29, 1.82) is 0 Å². The zero-order chi connectivity index (χ0) is 14.9. The Morgan fingerprint density at radius 3 is 2.90 bits per heavy atom. The maximum atomic E-state index is 8.85. The zero-order valence-electron chi connectivity index (χ0n) is 12.8. The van der Waals surface area contributed by atoms with E-state index in [-0.39, 0.29) is 0 Å². The molecule has 0 bridgehead atoms. The van der Waals surface area contributed by atoms with Gasteiger partial charge in [-0.1, -0.05) is 18.2 Å². The van der Waals surface area contributed by atoms with Crippen molar-refractivity contribution in [2.24, 2.45) is 0 Å². The SMILES string of the molecule is COCCNCc1cccc2ccn(CCCCCO)c12. The number of hydrogen-bond acceptors (Lipinski definition) is 3. The second-order valence-electron chi connectivity index (χ2n) is 5.32. The van der Waals surface area contributed by atoms with Crippen molar-refractivity contribution in [1.82, 2.24) is 9.88 Å². The number of para-hydroxylation sites is 1. The summed E-state index contributed by atoms with van der Waals surface area (Å²) in [6, 6.07) is 8.65. The Morgan fingerprint density at radius 2 is 2.10 bits per heavy atom. The number of nitrogens with one attached hydrogen (secondary N) is 1. The molecule has 0 amide bonds. The molecule has 0 radical (unpaired) electrons. The number of hydrogen-bond donors (Lipinski definition) is 2. The second kappa shape index (κ2) is 8.82. The Kier molecular flexibility index (Phi) is 6.73. The fourth-order valence-electron chi connectivity index (χ4n) is 2.64. The number of aryl methyl sites for hydroxylation is 1. The Morgan fingerprint density at radius 1 is 1.19 bits per heavy atom. The van der Waals surface area contributed by atoms with Crippen LogP contribution in [0.2, 0.25) is 0 Å². The molecular weight excluding hydrogens is 264 g/mol. The van der Waals surface area contributed by atoms with Crippen LogP contribution in [0.3, 0.4) is 0 Å². The van der Waals surface area contributed by atoms with Gasteiger partial charge < -0.3 is 19.7 Å². The van der Waals surface area contributed by atoms with E-state index in [2.05, 4.69) is 40.3 Å². The van der Waals surface area contributed by atoms with E-state index < -0.39 is 0 Å². The van der Waals surface area contributed by atoms with E-state index in [9.17, 15) is 0 Å². The summed E-state index contributed by atoms with van der Waals surface area (Å²) < 4.78 is 7.40. The third kappa shape index (κ3) is 4.56. The smallest absolute Gasteiger partial charge is 0.0587 e. The lowest BCUT2D eigenvalue weighted by Crippen LogP contribution is -2.19. The van der Waals surface area contributed by atoms with Gasteiger partial charge >= 0.3 is 0 Å². The first-order chi connectivity index (χ1) is 10.4. The molecular formula is C17H26N2O2. The average Bonchev–Trinajstić information content (AvgIpc) is 2.92. The number of aromatic nitrogens is 1. The topological polar surface area (TPSA) is 46.4 Å². The number of benzene rings is 1. The van der Waals surface area contributed by atoms with Gasteiger partial charge in [-0.3, -0.25) is 0 Å². The second-order valence-corrected chi connectivity index (χ2v) is 5.32. The Hall–Kier alpha value is -1.36. The van der Waals surface area contributed by atoms with Crippen molar-refractivity contribution in [3.63, 3.8) is 0 Å². The Labute approximate surface area is 126 Å². The van der Waals surface area contributed by atoms with Crippen LogP contribution in [0.15, 0.2) is 30.5 Å². The third-order valence-electron chi connectivity index (χ3n) is 3.73. The molecule has 0 aliphatic rings. The summed E-state index contributed by atoms with van der Waals surface area (Å²) in [4.78, 5) is 0. The van der Waals surface area contributed by atoms with Crippen molar-refractivity contribution in [2.45, 2.75) is 32.4 Å². The minimum atomic E-state index is 0.293.